The van der Waals surface area contributed by atoms with Crippen LogP contribution in [0.3, 0.4) is 0 Å². The van der Waals surface area contributed by atoms with Gasteiger partial charge in [0.1, 0.15) is 0 Å². The summed E-state index contributed by atoms with van der Waals surface area (Å²) in [6.45, 7) is 2.28. The summed E-state index contributed by atoms with van der Waals surface area (Å²) >= 11 is 0.726. The molecule has 2 aromatic rings. The molecule has 2 aliphatic rings. The molecule has 1 heterocycles. The Morgan fingerprint density at radius 1 is 1.14 bits per heavy atom. The van der Waals surface area contributed by atoms with E-state index >= 15 is 0 Å². The SMILES string of the molecule is CCCI1c2ccccc2SC1C1Cc2ccccc2C1=O. The first-order valence-corrected chi connectivity index (χ1v) is 12.5. The number of carbonyl (C=O) groups is 1. The average molecular weight is 422 g/mol. The molecule has 0 radical (unpaired) electrons. The number of halogens is 1. The van der Waals surface area contributed by atoms with Gasteiger partial charge in [0.15, 0.2) is 0 Å². The molecule has 2 atom stereocenters. The fourth-order valence-corrected chi connectivity index (χ4v) is 14.7. The first-order chi connectivity index (χ1) is 10.8. The third-order valence-corrected chi connectivity index (χ3v) is 15.1. The van der Waals surface area contributed by atoms with E-state index in [2.05, 4.69) is 43.3 Å². The number of hydrogen-bond acceptors (Lipinski definition) is 2. The topological polar surface area (TPSA) is 17.1 Å². The van der Waals surface area contributed by atoms with Crippen molar-refractivity contribution in [3.63, 3.8) is 0 Å². The van der Waals surface area contributed by atoms with E-state index in [-0.39, 0.29) is 5.92 Å². The summed E-state index contributed by atoms with van der Waals surface area (Å²) in [4.78, 5) is 14.3. The van der Waals surface area contributed by atoms with Crippen LogP contribution >= 0.6 is 31.6 Å². The molecule has 0 saturated carbocycles. The molecule has 2 unspecified atom stereocenters. The third-order valence-electron chi connectivity index (χ3n) is 4.37. The molecule has 22 heavy (non-hydrogen) atoms. The Balaban J connectivity index is 1.68. The van der Waals surface area contributed by atoms with E-state index in [9.17, 15) is 4.79 Å². The quantitative estimate of drug-likeness (QED) is 0.496. The van der Waals surface area contributed by atoms with Crippen LogP contribution in [0.1, 0.15) is 29.3 Å². The normalized spacial score (nSPS) is 24.4. The fourth-order valence-electron chi connectivity index (χ4n) is 3.39. The molecule has 1 aliphatic carbocycles. The van der Waals surface area contributed by atoms with Crippen molar-refractivity contribution in [1.82, 2.24) is 0 Å². The molecule has 4 rings (SSSR count). The van der Waals surface area contributed by atoms with Gasteiger partial charge in [0, 0.05) is 0 Å². The van der Waals surface area contributed by atoms with Crippen molar-refractivity contribution in [3.8, 4) is 0 Å². The Hall–Kier alpha value is -0.810. The summed E-state index contributed by atoms with van der Waals surface area (Å²) in [6.07, 6.45) is 2.20. The van der Waals surface area contributed by atoms with Gasteiger partial charge >= 0.3 is 144 Å². The molecule has 0 spiro atoms. The van der Waals surface area contributed by atoms with E-state index in [4.69, 9.17) is 0 Å². The van der Waals surface area contributed by atoms with Crippen LogP contribution in [-0.2, 0) is 6.42 Å². The summed E-state index contributed by atoms with van der Waals surface area (Å²) in [6, 6.07) is 17.1. The zero-order chi connectivity index (χ0) is 15.1. The molecule has 1 nitrogen and oxygen atoms in total. The third kappa shape index (κ3) is 2.33. The molecule has 0 aromatic heterocycles. The summed E-state index contributed by atoms with van der Waals surface area (Å²) in [5, 5.41) is 0. The number of ketones is 1. The van der Waals surface area contributed by atoms with Crippen molar-refractivity contribution in [3.05, 3.63) is 63.2 Å². The van der Waals surface area contributed by atoms with Crippen LogP contribution in [0.4, 0.5) is 0 Å². The standard InChI is InChI=1S/C19H19IOS/c1-2-11-20-16-9-5-6-10-17(16)22-19(20)15-12-13-7-3-4-8-14(13)18(15)21/h3-10,15,19H,2,11-12H2,1H3. The van der Waals surface area contributed by atoms with Crippen LogP contribution in [0.5, 0.6) is 0 Å². The Bertz CT molecular complexity index is 727. The number of carbonyl (C=O) groups excluding carboxylic acids is 1. The molecule has 3 heteroatoms. The molecular formula is C19H19IOS. The van der Waals surface area contributed by atoms with Gasteiger partial charge in [-0.1, -0.05) is 0 Å². The van der Waals surface area contributed by atoms with E-state index in [1.807, 2.05) is 23.9 Å². The average Bonchev–Trinajstić information content (AvgIpc) is 3.07. The predicted molar refractivity (Wildman–Crippen MR) is 102 cm³/mol. The Morgan fingerprint density at radius 3 is 2.73 bits per heavy atom. The molecule has 1 aliphatic heterocycles. The molecule has 0 N–H and O–H groups in total. The van der Waals surface area contributed by atoms with Gasteiger partial charge in [-0.3, -0.25) is 0 Å². The molecular weight excluding hydrogens is 403 g/mol. The Kier molecular flexibility index (Phi) is 4.03. The Labute approximate surface area is 143 Å². The van der Waals surface area contributed by atoms with E-state index in [0.717, 1.165) is 12.0 Å². The summed E-state index contributed by atoms with van der Waals surface area (Å²) < 4.78 is 3.51. The zero-order valence-electron chi connectivity index (χ0n) is 12.6. The van der Waals surface area contributed by atoms with E-state index in [1.165, 1.54) is 21.3 Å². The molecule has 114 valence electrons. The maximum atomic E-state index is 12.9. The van der Waals surface area contributed by atoms with E-state index in [0.29, 0.717) is 9.04 Å². The summed E-state index contributed by atoms with van der Waals surface area (Å²) in [7, 11) is 0. The summed E-state index contributed by atoms with van der Waals surface area (Å²) in [5.74, 6) is 0.617. The van der Waals surface area contributed by atoms with E-state index in [1.54, 1.807) is 3.57 Å². The van der Waals surface area contributed by atoms with Gasteiger partial charge in [-0.2, -0.15) is 0 Å². The minimum absolute atomic E-state index is 0.214. The van der Waals surface area contributed by atoms with Crippen LogP contribution < -0.4 is 0 Å². The predicted octanol–water partition coefficient (Wildman–Crippen LogP) is 5.26. The Morgan fingerprint density at radius 2 is 1.91 bits per heavy atom. The van der Waals surface area contributed by atoms with Crippen LogP contribution in [0.2, 0.25) is 0 Å². The van der Waals surface area contributed by atoms with Crippen molar-refractivity contribution >= 4 is 37.4 Å². The number of Topliss-reactive ketones (excluding diaryl/α,β-unsaturated/α-hetero) is 1. The van der Waals surface area contributed by atoms with Gasteiger partial charge in [0.2, 0.25) is 0 Å². The molecule has 2 aromatic carbocycles. The second kappa shape index (κ2) is 6.00. The molecule has 0 bridgehead atoms. The van der Waals surface area contributed by atoms with Gasteiger partial charge in [-0.25, -0.2) is 0 Å². The monoisotopic (exact) mass is 422 g/mol. The fraction of sp³-hybridized carbons (Fsp3) is 0.316. The van der Waals surface area contributed by atoms with Gasteiger partial charge in [0.05, 0.1) is 0 Å². The van der Waals surface area contributed by atoms with Crippen LogP contribution in [0.15, 0.2) is 53.4 Å². The number of rotatable bonds is 3. The molecule has 0 saturated heterocycles. The number of alkyl halides is 2. The van der Waals surface area contributed by atoms with Crippen molar-refractivity contribution < 1.29 is 4.79 Å². The van der Waals surface area contributed by atoms with Gasteiger partial charge in [-0.15, -0.1) is 0 Å². The van der Waals surface area contributed by atoms with Crippen molar-refractivity contribution in [1.29, 1.82) is 0 Å². The van der Waals surface area contributed by atoms with Crippen LogP contribution in [0, 0.1) is 9.49 Å². The maximum absolute atomic E-state index is 12.9. The van der Waals surface area contributed by atoms with Gasteiger partial charge < -0.3 is 0 Å². The second-order valence-corrected chi connectivity index (χ2v) is 13.7. The van der Waals surface area contributed by atoms with E-state index < -0.39 is 19.8 Å². The van der Waals surface area contributed by atoms with Crippen molar-refractivity contribution in [2.75, 3.05) is 4.43 Å². The molecule has 0 amide bonds. The number of thioether (sulfide) groups is 1. The zero-order valence-corrected chi connectivity index (χ0v) is 15.6. The second-order valence-electron chi connectivity index (χ2n) is 5.82. The minimum atomic E-state index is -1.28. The van der Waals surface area contributed by atoms with Crippen LogP contribution in [-0.4, -0.2) is 13.5 Å². The first kappa shape index (κ1) is 14.8. The van der Waals surface area contributed by atoms with Gasteiger partial charge in [0.25, 0.3) is 0 Å². The van der Waals surface area contributed by atoms with Crippen molar-refractivity contribution in [2.24, 2.45) is 5.92 Å². The summed E-state index contributed by atoms with van der Waals surface area (Å²) in [5.41, 5.74) is 2.25. The first-order valence-electron chi connectivity index (χ1n) is 7.81. The van der Waals surface area contributed by atoms with Gasteiger partial charge in [-0.05, 0) is 0 Å². The molecule has 0 fully saturated rings. The van der Waals surface area contributed by atoms with Crippen molar-refractivity contribution in [2.45, 2.75) is 27.9 Å². The number of benzene rings is 2. The number of hydrogen-bond donors (Lipinski definition) is 0. The van der Waals surface area contributed by atoms with Crippen LogP contribution in [0.25, 0.3) is 0 Å². The number of fused-ring (bicyclic) bond motifs is 2.